The first-order chi connectivity index (χ1) is 9.02. The highest BCUT2D eigenvalue weighted by Gasteiger charge is 2.05. The molecule has 0 saturated carbocycles. The number of nitrogens with zero attached hydrogens (tertiary/aromatic N) is 1. The predicted molar refractivity (Wildman–Crippen MR) is 82.0 cm³/mol. The van der Waals surface area contributed by atoms with Gasteiger partial charge in [0.15, 0.2) is 0 Å². The van der Waals surface area contributed by atoms with Crippen LogP contribution in [0, 0.1) is 6.92 Å². The van der Waals surface area contributed by atoms with Gasteiger partial charge < -0.3 is 17.4 Å². The number of aryl methyl sites for hydroxylation is 1. The fourth-order valence-electron chi connectivity index (χ4n) is 1.98. The van der Waals surface area contributed by atoms with E-state index >= 15 is 0 Å². The first-order valence-electron chi connectivity index (χ1n) is 5.99. The number of rotatable bonds is 3. The van der Waals surface area contributed by atoms with Crippen molar-refractivity contribution < 1.29 is 4.74 Å². The summed E-state index contributed by atoms with van der Waals surface area (Å²) in [5.41, 5.74) is 2.91. The van der Waals surface area contributed by atoms with E-state index in [-0.39, 0.29) is 0 Å². The van der Waals surface area contributed by atoms with E-state index in [4.69, 9.17) is 29.0 Å². The van der Waals surface area contributed by atoms with Crippen LogP contribution in [0.1, 0.15) is 18.2 Å². The second-order valence-electron chi connectivity index (χ2n) is 4.38. The van der Waals surface area contributed by atoms with Crippen molar-refractivity contribution in [2.75, 3.05) is 7.11 Å². The van der Waals surface area contributed by atoms with Crippen molar-refractivity contribution in [3.8, 4) is 5.75 Å². The molecule has 0 fully saturated rings. The third-order valence-corrected chi connectivity index (χ3v) is 3.66. The molecule has 0 amide bonds. The van der Waals surface area contributed by atoms with Gasteiger partial charge >= 0.3 is 0 Å². The van der Waals surface area contributed by atoms with Crippen LogP contribution in [-0.4, -0.2) is 12.1 Å². The Morgan fingerprint density at radius 1 is 1.47 bits per heavy atom. The summed E-state index contributed by atoms with van der Waals surface area (Å²) in [6.07, 6.45) is 2.66. The number of aromatic nitrogens is 1. The molecule has 1 aromatic heterocycles. The molecule has 100 valence electrons. The number of fused-ring (bicyclic) bond motifs is 1. The van der Waals surface area contributed by atoms with E-state index in [1.165, 1.54) is 0 Å². The summed E-state index contributed by atoms with van der Waals surface area (Å²) in [4.78, 5) is 5.42. The molecule has 2 aromatic rings. The number of pyridine rings is 1. The molecule has 0 aliphatic heterocycles. The Morgan fingerprint density at radius 2 is 2.21 bits per heavy atom. The zero-order valence-electron chi connectivity index (χ0n) is 11.2. The molecule has 0 N–H and O–H groups in total. The summed E-state index contributed by atoms with van der Waals surface area (Å²) >= 11 is 11.5. The molecule has 0 atom stereocenters. The fourth-order valence-corrected chi connectivity index (χ4v) is 2.45. The van der Waals surface area contributed by atoms with E-state index < -0.39 is 0 Å². The molecule has 4 heteroatoms. The van der Waals surface area contributed by atoms with E-state index in [2.05, 4.69) is 4.98 Å². The fraction of sp³-hybridized carbons (Fsp3) is 0.267. The van der Waals surface area contributed by atoms with Crippen LogP contribution in [0.4, 0.5) is 0 Å². The second-order valence-corrected chi connectivity index (χ2v) is 5.39. The van der Waals surface area contributed by atoms with Crippen LogP contribution in [0.2, 0.25) is 0 Å². The first kappa shape index (κ1) is 14.1. The molecule has 0 unspecified atom stereocenters. The van der Waals surface area contributed by atoms with E-state index in [1.54, 1.807) is 7.11 Å². The van der Waals surface area contributed by atoms with Crippen molar-refractivity contribution in [2.24, 2.45) is 0 Å². The van der Waals surface area contributed by atoms with Gasteiger partial charge in [0.1, 0.15) is 5.75 Å². The van der Waals surface area contributed by atoms with Crippen molar-refractivity contribution in [3.63, 3.8) is 0 Å². The van der Waals surface area contributed by atoms with Crippen molar-refractivity contribution in [1.29, 1.82) is 0 Å². The molecule has 19 heavy (non-hydrogen) atoms. The lowest BCUT2D eigenvalue weighted by atomic mass is 10.1. The largest absolute Gasteiger partial charge is 0.779 e. The number of ether oxygens (including phenoxy) is 1. The van der Waals surface area contributed by atoms with Gasteiger partial charge in [-0.1, -0.05) is 17.7 Å². The number of hydrogen-bond donors (Lipinski definition) is 0. The lowest BCUT2D eigenvalue weighted by molar-refractivity contribution is 0.415. The monoisotopic (exact) mass is 292 g/mol. The van der Waals surface area contributed by atoms with E-state index in [1.807, 2.05) is 38.1 Å². The van der Waals surface area contributed by atoms with E-state index in [9.17, 15) is 0 Å². The summed E-state index contributed by atoms with van der Waals surface area (Å²) in [6.45, 7) is 3.84. The third-order valence-electron chi connectivity index (χ3n) is 3.03. The van der Waals surface area contributed by atoms with Gasteiger partial charge in [0.25, 0.3) is 0 Å². The molecular formula is C15H15ClNOS-. The zero-order chi connectivity index (χ0) is 14.0. The molecule has 0 bridgehead atoms. The Hall–Kier alpha value is -1.32. The van der Waals surface area contributed by atoms with Gasteiger partial charge in [0, 0.05) is 10.7 Å². The third kappa shape index (κ3) is 2.99. The van der Waals surface area contributed by atoms with Crippen LogP contribution in [0.15, 0.2) is 34.2 Å². The van der Waals surface area contributed by atoms with E-state index in [0.29, 0.717) is 6.42 Å². The summed E-state index contributed by atoms with van der Waals surface area (Å²) in [5, 5.41) is 1.72. The highest BCUT2D eigenvalue weighted by atomic mass is 35.5. The van der Waals surface area contributed by atoms with Crippen molar-refractivity contribution in [1.82, 2.24) is 4.98 Å². The van der Waals surface area contributed by atoms with Gasteiger partial charge in [0.2, 0.25) is 0 Å². The van der Waals surface area contributed by atoms with Crippen LogP contribution in [0.3, 0.4) is 0 Å². The highest BCUT2D eigenvalue weighted by molar-refractivity contribution is 7.59. The number of hydrogen-bond acceptors (Lipinski definition) is 3. The Morgan fingerprint density at radius 3 is 2.84 bits per heavy atom. The molecule has 2 nitrogen and oxygen atoms in total. The average Bonchev–Trinajstić information content (AvgIpc) is 2.38. The molecule has 2 rings (SSSR count). The van der Waals surface area contributed by atoms with Gasteiger partial charge in [-0.15, -0.1) is 0 Å². The van der Waals surface area contributed by atoms with Crippen LogP contribution in [0.25, 0.3) is 10.9 Å². The lowest BCUT2D eigenvalue weighted by Crippen LogP contribution is -1.98. The smallest absolute Gasteiger partial charge is 0.119 e. The van der Waals surface area contributed by atoms with Gasteiger partial charge in [0.05, 0.1) is 12.6 Å². The minimum Gasteiger partial charge on any atom is -0.779 e. The van der Waals surface area contributed by atoms with Gasteiger partial charge in [-0.3, -0.25) is 4.98 Å². The molecule has 0 aliphatic rings. The number of methoxy groups -OCH3 is 1. The van der Waals surface area contributed by atoms with E-state index in [0.717, 1.165) is 37.8 Å². The summed E-state index contributed by atoms with van der Waals surface area (Å²) < 4.78 is 5.24. The maximum absolute atomic E-state index is 5.88. The average molecular weight is 293 g/mol. The quantitative estimate of drug-likeness (QED) is 0.794. The second kappa shape index (κ2) is 5.76. The minimum atomic E-state index is 0.708. The van der Waals surface area contributed by atoms with Crippen molar-refractivity contribution in [3.05, 3.63) is 40.6 Å². The minimum absolute atomic E-state index is 0.708. The molecular weight excluding hydrogens is 278 g/mol. The number of allylic oxidation sites excluding steroid dienone is 2. The Balaban J connectivity index is 2.61. The first-order valence-corrected chi connectivity index (χ1v) is 6.78. The SMILES string of the molecule is COc1ccc2nc(C)c(C/C=C(\C)Cl)c([S-])c2c1. The Bertz CT molecular complexity index is 648. The van der Waals surface area contributed by atoms with Crippen molar-refractivity contribution in [2.45, 2.75) is 25.2 Å². The van der Waals surface area contributed by atoms with Crippen LogP contribution in [0.5, 0.6) is 5.75 Å². The lowest BCUT2D eigenvalue weighted by Gasteiger charge is -2.19. The standard InChI is InChI=1S/C15H16ClNOS/c1-9(16)4-6-12-10(2)17-14-7-5-11(18-3)8-13(14)15(12)19/h4-5,7-8H,6H2,1-3H3,(H,17,19)/p-1/b9-4+. The molecule has 0 saturated heterocycles. The molecule has 0 aliphatic carbocycles. The number of benzene rings is 1. The number of halogens is 1. The van der Waals surface area contributed by atoms with Crippen LogP contribution >= 0.6 is 11.6 Å². The maximum Gasteiger partial charge on any atom is 0.119 e. The highest BCUT2D eigenvalue weighted by Crippen LogP contribution is 2.27. The molecule has 1 heterocycles. The van der Waals surface area contributed by atoms with Gasteiger partial charge in [-0.25, -0.2) is 0 Å². The van der Waals surface area contributed by atoms with Crippen LogP contribution in [-0.2, 0) is 19.0 Å². The summed E-state index contributed by atoms with van der Waals surface area (Å²) in [5.74, 6) is 0.791. The molecule has 0 radical (unpaired) electrons. The zero-order valence-corrected chi connectivity index (χ0v) is 12.7. The van der Waals surface area contributed by atoms with Crippen molar-refractivity contribution >= 4 is 35.1 Å². The van der Waals surface area contributed by atoms with Crippen LogP contribution < -0.4 is 4.74 Å². The summed E-state index contributed by atoms with van der Waals surface area (Å²) in [7, 11) is 1.65. The maximum atomic E-state index is 5.88. The molecule has 0 spiro atoms. The summed E-state index contributed by atoms with van der Waals surface area (Å²) in [6, 6.07) is 5.76. The van der Waals surface area contributed by atoms with Gasteiger partial charge in [-0.2, -0.15) is 4.90 Å². The Labute approximate surface area is 123 Å². The normalized spacial score (nSPS) is 11.9. The molecule has 1 aromatic carbocycles. The van der Waals surface area contributed by atoms with Gasteiger partial charge in [-0.05, 0) is 49.4 Å². The topological polar surface area (TPSA) is 22.1 Å². The Kier molecular flexibility index (Phi) is 4.27. The predicted octanol–water partition coefficient (Wildman–Crippen LogP) is 4.14.